The Morgan fingerprint density at radius 1 is 1.00 bits per heavy atom. The molecule has 1 unspecified atom stereocenters. The molecule has 0 fully saturated rings. The van der Waals surface area contributed by atoms with E-state index in [1.165, 1.54) is 11.1 Å². The molecule has 2 aromatic rings. The van der Waals surface area contributed by atoms with E-state index >= 15 is 0 Å². The first kappa shape index (κ1) is 15.5. The molecule has 1 atom stereocenters. The van der Waals surface area contributed by atoms with E-state index in [2.05, 4.69) is 41.5 Å². The van der Waals surface area contributed by atoms with Gasteiger partial charge >= 0.3 is 0 Å². The standard InChI is InChI=1S/C18H24N2O/c1-5-19-18(16-11-13(3)20-14(4)12-16)15-7-9-17(10-8-15)21-6-2/h7-12,18-19H,5-6H2,1-4H3. The lowest BCUT2D eigenvalue weighted by Gasteiger charge is -2.20. The zero-order chi connectivity index (χ0) is 15.2. The monoisotopic (exact) mass is 284 g/mol. The highest BCUT2D eigenvalue weighted by molar-refractivity contribution is 5.36. The number of aromatic nitrogens is 1. The van der Waals surface area contributed by atoms with Gasteiger partial charge in [-0.2, -0.15) is 0 Å². The number of nitrogens with zero attached hydrogens (tertiary/aromatic N) is 1. The number of hydrogen-bond donors (Lipinski definition) is 1. The molecule has 0 saturated carbocycles. The smallest absolute Gasteiger partial charge is 0.119 e. The molecule has 0 amide bonds. The number of ether oxygens (including phenoxy) is 1. The fourth-order valence-corrected chi connectivity index (χ4v) is 2.59. The van der Waals surface area contributed by atoms with Crippen LogP contribution in [0.25, 0.3) is 0 Å². The van der Waals surface area contributed by atoms with Crippen molar-refractivity contribution in [2.24, 2.45) is 0 Å². The molecule has 0 saturated heterocycles. The minimum absolute atomic E-state index is 0.186. The summed E-state index contributed by atoms with van der Waals surface area (Å²) in [6.07, 6.45) is 0. The van der Waals surface area contributed by atoms with Gasteiger partial charge < -0.3 is 10.1 Å². The van der Waals surface area contributed by atoms with E-state index in [1.807, 2.05) is 32.9 Å². The lowest BCUT2D eigenvalue weighted by Crippen LogP contribution is -2.22. The molecule has 0 aliphatic heterocycles. The van der Waals surface area contributed by atoms with Crippen LogP contribution in [0.5, 0.6) is 5.75 Å². The van der Waals surface area contributed by atoms with Gasteiger partial charge in [0, 0.05) is 11.4 Å². The molecule has 0 radical (unpaired) electrons. The van der Waals surface area contributed by atoms with E-state index in [4.69, 9.17) is 4.74 Å². The van der Waals surface area contributed by atoms with Crippen LogP contribution in [0, 0.1) is 13.8 Å². The quantitative estimate of drug-likeness (QED) is 0.876. The van der Waals surface area contributed by atoms with Crippen molar-refractivity contribution in [3.05, 3.63) is 58.9 Å². The van der Waals surface area contributed by atoms with Crippen molar-refractivity contribution in [2.75, 3.05) is 13.2 Å². The van der Waals surface area contributed by atoms with E-state index in [1.54, 1.807) is 0 Å². The Morgan fingerprint density at radius 2 is 1.62 bits per heavy atom. The lowest BCUT2D eigenvalue weighted by molar-refractivity contribution is 0.340. The van der Waals surface area contributed by atoms with E-state index in [9.17, 15) is 0 Å². The van der Waals surface area contributed by atoms with Gasteiger partial charge in [0.15, 0.2) is 0 Å². The van der Waals surface area contributed by atoms with Crippen LogP contribution in [0.15, 0.2) is 36.4 Å². The van der Waals surface area contributed by atoms with E-state index in [0.717, 1.165) is 23.7 Å². The Labute approximate surface area is 127 Å². The molecular weight excluding hydrogens is 260 g/mol. The van der Waals surface area contributed by atoms with Crippen LogP contribution in [0.2, 0.25) is 0 Å². The maximum atomic E-state index is 5.51. The lowest BCUT2D eigenvalue weighted by atomic mass is 9.98. The Hall–Kier alpha value is -1.87. The van der Waals surface area contributed by atoms with Crippen LogP contribution < -0.4 is 10.1 Å². The molecule has 0 bridgehead atoms. The first-order chi connectivity index (χ1) is 10.1. The second-order valence-corrected chi connectivity index (χ2v) is 5.18. The van der Waals surface area contributed by atoms with Crippen LogP contribution in [-0.4, -0.2) is 18.1 Å². The molecule has 1 N–H and O–H groups in total. The molecule has 1 aromatic heterocycles. The molecule has 1 aromatic carbocycles. The fourth-order valence-electron chi connectivity index (χ4n) is 2.59. The van der Waals surface area contributed by atoms with Crippen molar-refractivity contribution in [1.82, 2.24) is 10.3 Å². The molecule has 3 nitrogen and oxygen atoms in total. The first-order valence-electron chi connectivity index (χ1n) is 7.55. The van der Waals surface area contributed by atoms with Crippen molar-refractivity contribution in [2.45, 2.75) is 33.7 Å². The topological polar surface area (TPSA) is 34.1 Å². The molecule has 3 heteroatoms. The number of hydrogen-bond acceptors (Lipinski definition) is 3. The fraction of sp³-hybridized carbons (Fsp3) is 0.389. The molecule has 0 spiro atoms. The van der Waals surface area contributed by atoms with Crippen LogP contribution in [0.1, 0.15) is 42.4 Å². The zero-order valence-electron chi connectivity index (χ0n) is 13.3. The van der Waals surface area contributed by atoms with Crippen LogP contribution in [0.4, 0.5) is 0 Å². The largest absolute Gasteiger partial charge is 0.494 e. The van der Waals surface area contributed by atoms with E-state index in [-0.39, 0.29) is 6.04 Å². The summed E-state index contributed by atoms with van der Waals surface area (Å²) in [4.78, 5) is 4.46. The van der Waals surface area contributed by atoms with Gasteiger partial charge in [0.05, 0.1) is 12.6 Å². The highest BCUT2D eigenvalue weighted by Gasteiger charge is 2.14. The Morgan fingerprint density at radius 3 is 2.14 bits per heavy atom. The van der Waals surface area contributed by atoms with Crippen molar-refractivity contribution < 1.29 is 4.74 Å². The van der Waals surface area contributed by atoms with E-state index < -0.39 is 0 Å². The van der Waals surface area contributed by atoms with Gasteiger partial charge in [-0.15, -0.1) is 0 Å². The number of pyridine rings is 1. The number of rotatable bonds is 6. The highest BCUT2D eigenvalue weighted by Crippen LogP contribution is 2.25. The predicted octanol–water partition coefficient (Wildman–Crippen LogP) is 3.80. The number of aryl methyl sites for hydroxylation is 2. The summed E-state index contributed by atoms with van der Waals surface area (Å²) >= 11 is 0. The predicted molar refractivity (Wildman–Crippen MR) is 86.8 cm³/mol. The summed E-state index contributed by atoms with van der Waals surface area (Å²) in [5, 5.41) is 3.55. The Kier molecular flexibility index (Phi) is 5.34. The van der Waals surface area contributed by atoms with Crippen LogP contribution >= 0.6 is 0 Å². The zero-order valence-corrected chi connectivity index (χ0v) is 13.3. The summed E-state index contributed by atoms with van der Waals surface area (Å²) < 4.78 is 5.51. The molecule has 112 valence electrons. The van der Waals surface area contributed by atoms with E-state index in [0.29, 0.717) is 6.61 Å². The van der Waals surface area contributed by atoms with Crippen LogP contribution in [-0.2, 0) is 0 Å². The third-order valence-corrected chi connectivity index (χ3v) is 3.37. The molecule has 0 aliphatic rings. The molecule has 21 heavy (non-hydrogen) atoms. The maximum Gasteiger partial charge on any atom is 0.119 e. The molecule has 0 aliphatic carbocycles. The minimum Gasteiger partial charge on any atom is -0.494 e. The summed E-state index contributed by atoms with van der Waals surface area (Å²) in [5.41, 5.74) is 4.61. The SMILES string of the molecule is CCNC(c1ccc(OCC)cc1)c1cc(C)nc(C)c1. The highest BCUT2D eigenvalue weighted by atomic mass is 16.5. The maximum absolute atomic E-state index is 5.51. The van der Waals surface area contributed by atoms with Gasteiger partial charge in [-0.05, 0) is 62.7 Å². The van der Waals surface area contributed by atoms with Crippen molar-refractivity contribution in [3.8, 4) is 5.75 Å². The van der Waals surface area contributed by atoms with Crippen molar-refractivity contribution in [3.63, 3.8) is 0 Å². The number of benzene rings is 1. The average Bonchev–Trinajstić information content (AvgIpc) is 2.45. The number of nitrogens with one attached hydrogen (secondary N) is 1. The van der Waals surface area contributed by atoms with Gasteiger partial charge in [-0.1, -0.05) is 19.1 Å². The second kappa shape index (κ2) is 7.23. The summed E-state index contributed by atoms with van der Waals surface area (Å²) in [7, 11) is 0. The average molecular weight is 284 g/mol. The van der Waals surface area contributed by atoms with Crippen molar-refractivity contribution >= 4 is 0 Å². The summed E-state index contributed by atoms with van der Waals surface area (Å²) in [6.45, 7) is 9.81. The second-order valence-electron chi connectivity index (χ2n) is 5.18. The Balaban J connectivity index is 2.33. The van der Waals surface area contributed by atoms with Gasteiger partial charge in [0.1, 0.15) is 5.75 Å². The first-order valence-corrected chi connectivity index (χ1v) is 7.55. The van der Waals surface area contributed by atoms with Gasteiger partial charge in [-0.25, -0.2) is 0 Å². The summed E-state index contributed by atoms with van der Waals surface area (Å²) in [5.74, 6) is 0.915. The van der Waals surface area contributed by atoms with Gasteiger partial charge in [-0.3, -0.25) is 4.98 Å². The van der Waals surface area contributed by atoms with Gasteiger partial charge in [0.25, 0.3) is 0 Å². The van der Waals surface area contributed by atoms with Crippen molar-refractivity contribution in [1.29, 1.82) is 0 Å². The summed E-state index contributed by atoms with van der Waals surface area (Å²) in [6, 6.07) is 12.8. The Bertz CT molecular complexity index is 558. The minimum atomic E-state index is 0.186. The normalized spacial score (nSPS) is 12.2. The van der Waals surface area contributed by atoms with Crippen LogP contribution in [0.3, 0.4) is 0 Å². The third-order valence-electron chi connectivity index (χ3n) is 3.37. The molecule has 2 rings (SSSR count). The third kappa shape index (κ3) is 4.05. The molecule has 1 heterocycles. The molecular formula is C18H24N2O. The van der Waals surface area contributed by atoms with Gasteiger partial charge in [0.2, 0.25) is 0 Å².